The highest BCUT2D eigenvalue weighted by atomic mass is 32.1. The van der Waals surface area contributed by atoms with Gasteiger partial charge in [0, 0.05) is 37.0 Å². The quantitative estimate of drug-likeness (QED) is 0.666. The van der Waals surface area contributed by atoms with Crippen molar-refractivity contribution in [2.75, 3.05) is 17.2 Å². The summed E-state index contributed by atoms with van der Waals surface area (Å²) in [5.41, 5.74) is 2.40. The van der Waals surface area contributed by atoms with Crippen molar-refractivity contribution in [3.8, 4) is 11.1 Å². The van der Waals surface area contributed by atoms with Gasteiger partial charge < -0.3 is 10.6 Å². The van der Waals surface area contributed by atoms with E-state index in [1.807, 2.05) is 19.1 Å². The largest absolute Gasteiger partial charge is 0.338 e. The summed E-state index contributed by atoms with van der Waals surface area (Å²) in [6.07, 6.45) is 3.39. The number of fused-ring (bicyclic) bond motifs is 1. The van der Waals surface area contributed by atoms with E-state index in [4.69, 9.17) is 0 Å². The van der Waals surface area contributed by atoms with Gasteiger partial charge in [-0.25, -0.2) is 19.7 Å². The number of nitrogens with zero attached hydrogens (tertiary/aromatic N) is 3. The topological polar surface area (TPSA) is 109 Å². The molecule has 0 aliphatic carbocycles. The fourth-order valence-corrected chi connectivity index (χ4v) is 2.94. The Morgan fingerprint density at radius 1 is 1.12 bits per heavy atom. The molecule has 25 heavy (non-hydrogen) atoms. The second-order valence-corrected chi connectivity index (χ2v) is 6.14. The minimum absolute atomic E-state index is 0.169. The second-order valence-electron chi connectivity index (χ2n) is 5.17. The van der Waals surface area contributed by atoms with Gasteiger partial charge in [-0.05, 0) is 25.1 Å². The molecule has 0 aliphatic heterocycles. The first kappa shape index (κ1) is 16.8. The van der Waals surface area contributed by atoms with E-state index < -0.39 is 0 Å². The average molecular weight is 356 g/mol. The molecule has 0 unspecified atom stereocenters. The van der Waals surface area contributed by atoms with Crippen LogP contribution in [0, 0.1) is 0 Å². The zero-order valence-corrected chi connectivity index (χ0v) is 14.5. The predicted octanol–water partition coefficient (Wildman–Crippen LogP) is 2.85. The van der Waals surface area contributed by atoms with Crippen molar-refractivity contribution in [3.05, 3.63) is 30.6 Å². The Hall–Kier alpha value is -3.07. The van der Waals surface area contributed by atoms with Crippen LogP contribution in [0.2, 0.25) is 0 Å². The molecule has 0 aromatic carbocycles. The maximum atomic E-state index is 11.6. The molecule has 9 heteroatoms. The number of pyridine rings is 2. The molecule has 0 fully saturated rings. The Kier molecular flexibility index (Phi) is 4.85. The first-order valence-corrected chi connectivity index (χ1v) is 8.42. The van der Waals surface area contributed by atoms with Crippen LogP contribution in [0.3, 0.4) is 0 Å². The summed E-state index contributed by atoms with van der Waals surface area (Å²) in [6.45, 7) is 3.82. The molecule has 0 spiro atoms. The van der Waals surface area contributed by atoms with Crippen molar-refractivity contribution in [1.29, 1.82) is 0 Å². The molecule has 3 heterocycles. The van der Waals surface area contributed by atoms with Crippen LogP contribution in [0.4, 0.5) is 15.7 Å². The summed E-state index contributed by atoms with van der Waals surface area (Å²) in [5, 5.41) is 8.45. The molecule has 128 valence electrons. The SMILES string of the molecule is CCNC(=O)Nc1nc2cc(-c3ccc(NC(C)=O)nc3)cnc2s1. The fraction of sp³-hybridized carbons (Fsp3) is 0.188. The van der Waals surface area contributed by atoms with Crippen molar-refractivity contribution in [2.24, 2.45) is 0 Å². The third-order valence-electron chi connectivity index (χ3n) is 3.21. The number of carbonyl (C=O) groups is 2. The Balaban J connectivity index is 1.83. The lowest BCUT2D eigenvalue weighted by Gasteiger charge is -2.03. The van der Waals surface area contributed by atoms with Gasteiger partial charge in [-0.1, -0.05) is 11.3 Å². The molecule has 0 saturated heterocycles. The lowest BCUT2D eigenvalue weighted by atomic mass is 10.1. The highest BCUT2D eigenvalue weighted by Gasteiger charge is 2.10. The number of anilines is 2. The van der Waals surface area contributed by atoms with E-state index in [1.165, 1.54) is 18.3 Å². The minimum atomic E-state index is -0.292. The maximum Gasteiger partial charge on any atom is 0.321 e. The number of rotatable bonds is 4. The zero-order valence-electron chi connectivity index (χ0n) is 13.7. The monoisotopic (exact) mass is 356 g/mol. The second kappa shape index (κ2) is 7.22. The van der Waals surface area contributed by atoms with Crippen LogP contribution in [0.15, 0.2) is 30.6 Å². The van der Waals surface area contributed by atoms with E-state index >= 15 is 0 Å². The van der Waals surface area contributed by atoms with Crippen LogP contribution in [0.5, 0.6) is 0 Å². The van der Waals surface area contributed by atoms with Crippen LogP contribution in [-0.2, 0) is 4.79 Å². The summed E-state index contributed by atoms with van der Waals surface area (Å²) < 4.78 is 0. The molecule has 0 radical (unpaired) electrons. The summed E-state index contributed by atoms with van der Waals surface area (Å²) in [5.74, 6) is 0.324. The smallest absolute Gasteiger partial charge is 0.321 e. The molecule has 3 N–H and O–H groups in total. The van der Waals surface area contributed by atoms with Crippen LogP contribution < -0.4 is 16.0 Å². The van der Waals surface area contributed by atoms with Crippen LogP contribution in [-0.4, -0.2) is 33.4 Å². The maximum absolute atomic E-state index is 11.6. The Labute approximate surface area is 147 Å². The van der Waals surface area contributed by atoms with E-state index in [0.29, 0.717) is 23.0 Å². The van der Waals surface area contributed by atoms with Gasteiger partial charge in [0.05, 0.1) is 0 Å². The molecule has 3 aromatic heterocycles. The normalized spacial score (nSPS) is 10.5. The lowest BCUT2D eigenvalue weighted by Crippen LogP contribution is -2.28. The van der Waals surface area contributed by atoms with E-state index in [1.54, 1.807) is 18.5 Å². The highest BCUT2D eigenvalue weighted by molar-refractivity contribution is 7.21. The Morgan fingerprint density at radius 2 is 1.92 bits per heavy atom. The van der Waals surface area contributed by atoms with Crippen LogP contribution in [0.25, 0.3) is 21.5 Å². The molecule has 0 atom stereocenters. The van der Waals surface area contributed by atoms with Crippen molar-refractivity contribution < 1.29 is 9.59 Å². The molecular formula is C16H16N6O2S. The van der Waals surface area contributed by atoms with Crippen LogP contribution >= 0.6 is 11.3 Å². The Morgan fingerprint density at radius 3 is 2.60 bits per heavy atom. The third-order valence-corrected chi connectivity index (χ3v) is 4.10. The first-order valence-electron chi connectivity index (χ1n) is 7.60. The van der Waals surface area contributed by atoms with E-state index in [9.17, 15) is 9.59 Å². The minimum Gasteiger partial charge on any atom is -0.338 e. The number of hydrogen-bond acceptors (Lipinski definition) is 6. The number of thiazole rings is 1. The number of urea groups is 1. The van der Waals surface area contributed by atoms with Crippen molar-refractivity contribution in [1.82, 2.24) is 20.3 Å². The van der Waals surface area contributed by atoms with E-state index in [-0.39, 0.29) is 11.9 Å². The molecule has 0 bridgehead atoms. The molecule has 3 aromatic rings. The van der Waals surface area contributed by atoms with E-state index in [0.717, 1.165) is 16.0 Å². The first-order chi connectivity index (χ1) is 12.0. The van der Waals surface area contributed by atoms with Gasteiger partial charge >= 0.3 is 6.03 Å². The van der Waals surface area contributed by atoms with Crippen molar-refractivity contribution in [3.63, 3.8) is 0 Å². The average Bonchev–Trinajstić information content (AvgIpc) is 2.96. The third kappa shape index (κ3) is 4.07. The predicted molar refractivity (Wildman–Crippen MR) is 97.6 cm³/mol. The van der Waals surface area contributed by atoms with Gasteiger partial charge in [0.15, 0.2) is 5.13 Å². The number of aromatic nitrogens is 3. The summed E-state index contributed by atoms with van der Waals surface area (Å²) in [4.78, 5) is 36.3. The molecule has 8 nitrogen and oxygen atoms in total. The number of nitrogens with one attached hydrogen (secondary N) is 3. The highest BCUT2D eigenvalue weighted by Crippen LogP contribution is 2.28. The van der Waals surface area contributed by atoms with Gasteiger partial charge in [-0.15, -0.1) is 0 Å². The molecule has 3 rings (SSSR count). The number of amides is 3. The van der Waals surface area contributed by atoms with Gasteiger partial charge in [0.25, 0.3) is 0 Å². The fourth-order valence-electron chi connectivity index (χ4n) is 2.16. The number of carbonyl (C=O) groups excluding carboxylic acids is 2. The van der Waals surface area contributed by atoms with E-state index in [2.05, 4.69) is 30.9 Å². The van der Waals surface area contributed by atoms with Crippen molar-refractivity contribution >= 4 is 44.6 Å². The van der Waals surface area contributed by atoms with Gasteiger partial charge in [0.2, 0.25) is 5.91 Å². The molecule has 0 aliphatic rings. The summed E-state index contributed by atoms with van der Waals surface area (Å²) in [6, 6.07) is 5.17. The van der Waals surface area contributed by atoms with Crippen molar-refractivity contribution in [2.45, 2.75) is 13.8 Å². The van der Waals surface area contributed by atoms with Crippen LogP contribution in [0.1, 0.15) is 13.8 Å². The van der Waals surface area contributed by atoms with Gasteiger partial charge in [0.1, 0.15) is 16.2 Å². The zero-order chi connectivity index (χ0) is 17.8. The summed E-state index contributed by atoms with van der Waals surface area (Å²) in [7, 11) is 0. The molecule has 3 amide bonds. The molecular weight excluding hydrogens is 340 g/mol. The Bertz CT molecular complexity index is 922. The molecule has 0 saturated carbocycles. The lowest BCUT2D eigenvalue weighted by molar-refractivity contribution is -0.114. The number of hydrogen-bond donors (Lipinski definition) is 3. The summed E-state index contributed by atoms with van der Waals surface area (Å²) >= 11 is 1.31. The standard InChI is InChI=1S/C16H16N6O2S/c1-3-17-15(24)22-16-21-12-6-11(8-19-14(12)25-16)10-4-5-13(18-7-10)20-9(2)23/h4-8H,3H2,1-2H3,(H,18,20,23)(H2,17,21,22,24). The van der Waals surface area contributed by atoms with Gasteiger partial charge in [-0.3, -0.25) is 10.1 Å². The van der Waals surface area contributed by atoms with Gasteiger partial charge in [-0.2, -0.15) is 0 Å².